The van der Waals surface area contributed by atoms with Crippen molar-refractivity contribution in [1.29, 1.82) is 0 Å². The number of aromatic amines is 1. The number of aliphatic hydroxyl groups is 1. The first-order chi connectivity index (χ1) is 15.7. The fourth-order valence-corrected chi connectivity index (χ4v) is 5.43. The monoisotopic (exact) mass is 481 g/mol. The maximum Gasteiger partial charge on any atom is 0.279 e. The molecule has 1 aromatic heterocycles. The highest BCUT2D eigenvalue weighted by Gasteiger charge is 2.35. The second kappa shape index (κ2) is 9.46. The van der Waals surface area contributed by atoms with Crippen LogP contribution in [0.4, 0.5) is 13.2 Å². The minimum Gasteiger partial charge on any atom is -0.396 e. The van der Waals surface area contributed by atoms with Crippen molar-refractivity contribution in [2.24, 2.45) is 5.92 Å². The summed E-state index contributed by atoms with van der Waals surface area (Å²) in [6, 6.07) is 7.92. The van der Waals surface area contributed by atoms with E-state index in [4.69, 9.17) is 5.11 Å². The molecule has 1 aliphatic rings. The SMILES string of the molecule is CN(CCCO)S(=O)(=O)NC[C@H]1C[C@H](c2c(-c3ccc(F)cc3)[nH]c3c(F)cc(F)cc32)C1. The molecule has 33 heavy (non-hydrogen) atoms. The zero-order valence-electron chi connectivity index (χ0n) is 18.1. The molecule has 0 spiro atoms. The number of nitrogens with zero attached hydrogens (tertiary/aromatic N) is 1. The van der Waals surface area contributed by atoms with Gasteiger partial charge in [0.05, 0.1) is 11.2 Å². The van der Waals surface area contributed by atoms with Gasteiger partial charge in [-0.3, -0.25) is 0 Å². The Balaban J connectivity index is 1.54. The lowest BCUT2D eigenvalue weighted by molar-refractivity contribution is 0.262. The molecule has 1 aliphatic carbocycles. The zero-order chi connectivity index (χ0) is 23.8. The highest BCUT2D eigenvalue weighted by molar-refractivity contribution is 7.87. The van der Waals surface area contributed by atoms with Crippen molar-refractivity contribution in [2.45, 2.75) is 25.2 Å². The Kier molecular flexibility index (Phi) is 6.81. The maximum absolute atomic E-state index is 14.5. The highest BCUT2D eigenvalue weighted by Crippen LogP contribution is 2.48. The molecule has 0 unspecified atom stereocenters. The molecule has 6 nitrogen and oxygen atoms in total. The van der Waals surface area contributed by atoms with Crippen molar-refractivity contribution in [3.05, 3.63) is 59.4 Å². The first-order valence-electron chi connectivity index (χ1n) is 10.8. The molecule has 1 fully saturated rings. The topological polar surface area (TPSA) is 85.4 Å². The van der Waals surface area contributed by atoms with Gasteiger partial charge < -0.3 is 10.1 Å². The van der Waals surface area contributed by atoms with Crippen LogP contribution in [0.5, 0.6) is 0 Å². The van der Waals surface area contributed by atoms with Crippen LogP contribution in [0, 0.1) is 23.4 Å². The number of hydrogen-bond donors (Lipinski definition) is 3. The lowest BCUT2D eigenvalue weighted by Gasteiger charge is -2.36. The van der Waals surface area contributed by atoms with Gasteiger partial charge in [-0.15, -0.1) is 0 Å². The van der Waals surface area contributed by atoms with Crippen molar-refractivity contribution in [3.8, 4) is 11.3 Å². The van der Waals surface area contributed by atoms with Gasteiger partial charge in [0.1, 0.15) is 17.5 Å². The second-order valence-electron chi connectivity index (χ2n) is 8.52. The Labute approximate surface area is 190 Å². The average Bonchev–Trinajstić information content (AvgIpc) is 3.10. The Morgan fingerprint density at radius 2 is 1.82 bits per heavy atom. The van der Waals surface area contributed by atoms with Gasteiger partial charge >= 0.3 is 0 Å². The van der Waals surface area contributed by atoms with Gasteiger partial charge in [0, 0.05) is 38.2 Å². The number of H-pyrrole nitrogens is 1. The van der Waals surface area contributed by atoms with Crippen LogP contribution in [0.3, 0.4) is 0 Å². The normalized spacial score (nSPS) is 18.7. The summed E-state index contributed by atoms with van der Waals surface area (Å²) < 4.78 is 70.3. The summed E-state index contributed by atoms with van der Waals surface area (Å²) >= 11 is 0. The number of rotatable bonds is 9. The van der Waals surface area contributed by atoms with E-state index >= 15 is 0 Å². The molecule has 1 saturated carbocycles. The number of benzene rings is 2. The summed E-state index contributed by atoms with van der Waals surface area (Å²) in [5.74, 6) is -1.73. The third-order valence-electron chi connectivity index (χ3n) is 6.24. The first kappa shape index (κ1) is 23.7. The molecular formula is C23H26F3N3O3S. The molecule has 2 aromatic carbocycles. The van der Waals surface area contributed by atoms with Crippen LogP contribution in [-0.4, -0.2) is 49.6 Å². The van der Waals surface area contributed by atoms with Crippen LogP contribution < -0.4 is 4.72 Å². The predicted octanol–water partition coefficient (Wildman–Crippen LogP) is 3.89. The third kappa shape index (κ3) is 4.93. The number of fused-ring (bicyclic) bond motifs is 1. The first-order valence-corrected chi connectivity index (χ1v) is 12.2. The Morgan fingerprint density at radius 1 is 1.12 bits per heavy atom. The van der Waals surface area contributed by atoms with Gasteiger partial charge in [-0.2, -0.15) is 12.7 Å². The van der Waals surface area contributed by atoms with Crippen molar-refractivity contribution in [2.75, 3.05) is 26.7 Å². The molecule has 4 rings (SSSR count). The number of aliphatic hydroxyl groups excluding tert-OH is 1. The molecule has 3 N–H and O–H groups in total. The summed E-state index contributed by atoms with van der Waals surface area (Å²) in [5, 5.41) is 9.33. The number of aromatic nitrogens is 1. The summed E-state index contributed by atoms with van der Waals surface area (Å²) in [6.07, 6.45) is 1.63. The number of nitrogens with one attached hydrogen (secondary N) is 2. The predicted molar refractivity (Wildman–Crippen MR) is 120 cm³/mol. The van der Waals surface area contributed by atoms with E-state index in [1.165, 1.54) is 25.2 Å². The van der Waals surface area contributed by atoms with Crippen LogP contribution in [0.25, 0.3) is 22.2 Å². The van der Waals surface area contributed by atoms with Gasteiger partial charge in [-0.05, 0) is 72.6 Å². The van der Waals surface area contributed by atoms with E-state index in [1.54, 1.807) is 12.1 Å². The number of hydrogen-bond acceptors (Lipinski definition) is 3. The van der Waals surface area contributed by atoms with Gasteiger partial charge in [-0.1, -0.05) is 0 Å². The quantitative estimate of drug-likeness (QED) is 0.434. The summed E-state index contributed by atoms with van der Waals surface area (Å²) in [6.45, 7) is 0.373. The highest BCUT2D eigenvalue weighted by atomic mass is 32.2. The van der Waals surface area contributed by atoms with Crippen LogP contribution in [0.1, 0.15) is 30.7 Å². The maximum atomic E-state index is 14.5. The van der Waals surface area contributed by atoms with E-state index in [2.05, 4.69) is 9.71 Å². The largest absolute Gasteiger partial charge is 0.396 e. The molecule has 0 amide bonds. The lowest BCUT2D eigenvalue weighted by atomic mass is 9.70. The molecule has 1 heterocycles. The minimum absolute atomic E-state index is 0.0263. The van der Waals surface area contributed by atoms with E-state index in [0.29, 0.717) is 35.9 Å². The van der Waals surface area contributed by atoms with E-state index in [9.17, 15) is 21.6 Å². The lowest BCUT2D eigenvalue weighted by Crippen LogP contribution is -2.42. The van der Waals surface area contributed by atoms with E-state index < -0.39 is 27.7 Å². The molecule has 3 aromatic rings. The zero-order valence-corrected chi connectivity index (χ0v) is 18.9. The van der Waals surface area contributed by atoms with Gasteiger partial charge in [0.2, 0.25) is 0 Å². The van der Waals surface area contributed by atoms with E-state index in [0.717, 1.165) is 15.9 Å². The van der Waals surface area contributed by atoms with Crippen LogP contribution in [0.2, 0.25) is 0 Å². The summed E-state index contributed by atoms with van der Waals surface area (Å²) in [5.41, 5.74) is 2.23. The molecule has 0 atom stereocenters. The van der Waals surface area contributed by atoms with Gasteiger partial charge in [0.25, 0.3) is 10.2 Å². The molecule has 0 bridgehead atoms. The van der Waals surface area contributed by atoms with Gasteiger partial charge in [0.15, 0.2) is 0 Å². The van der Waals surface area contributed by atoms with Crippen LogP contribution in [0.15, 0.2) is 36.4 Å². The van der Waals surface area contributed by atoms with Crippen molar-refractivity contribution >= 4 is 21.1 Å². The van der Waals surface area contributed by atoms with Crippen molar-refractivity contribution in [3.63, 3.8) is 0 Å². The standard InChI is InChI=1S/C23H26F3N3O3S/c1-29(7-2-8-30)33(31,32)27-13-14-9-16(10-14)21-19-11-18(25)12-20(26)23(19)28-22(21)15-3-5-17(24)6-4-15/h3-6,11-12,14,16,27-28,30H,2,7-10,13H2,1H3/t14-,16-. The number of halogens is 3. The second-order valence-corrected chi connectivity index (χ2v) is 10.4. The molecule has 0 saturated heterocycles. The van der Waals surface area contributed by atoms with E-state index in [-0.39, 0.29) is 37.0 Å². The van der Waals surface area contributed by atoms with E-state index in [1.807, 2.05) is 0 Å². The van der Waals surface area contributed by atoms with Crippen LogP contribution in [-0.2, 0) is 10.2 Å². The molecular weight excluding hydrogens is 455 g/mol. The fourth-order valence-electron chi connectivity index (χ4n) is 4.39. The Morgan fingerprint density at radius 3 is 2.48 bits per heavy atom. The Hall–Kier alpha value is -2.40. The molecule has 0 radical (unpaired) electrons. The van der Waals surface area contributed by atoms with Crippen LogP contribution >= 0.6 is 0 Å². The molecule has 0 aliphatic heterocycles. The van der Waals surface area contributed by atoms with Crippen molar-refractivity contribution in [1.82, 2.24) is 14.0 Å². The average molecular weight is 482 g/mol. The van der Waals surface area contributed by atoms with Crippen molar-refractivity contribution < 1.29 is 26.7 Å². The summed E-state index contributed by atoms with van der Waals surface area (Å²) in [7, 11) is -2.19. The smallest absolute Gasteiger partial charge is 0.279 e. The third-order valence-corrected chi connectivity index (χ3v) is 7.77. The summed E-state index contributed by atoms with van der Waals surface area (Å²) in [4.78, 5) is 3.05. The fraction of sp³-hybridized carbons (Fsp3) is 0.391. The minimum atomic E-state index is -3.64. The molecule has 10 heteroatoms. The molecule has 178 valence electrons. The van der Waals surface area contributed by atoms with Gasteiger partial charge in [-0.25, -0.2) is 17.9 Å². The Bertz CT molecular complexity index is 1240.